The standard InChI is InChI=1S/C37H26N4/c1-2-13-28-25(9-1)10-6-15-29(28)33-17-8-19-35(40-33)34-18-7-16-32(39-34)26-11-5-12-27(23-26)41-36-20-4-3-14-30(36)31-24-38-22-21-37(31)41/h1-23,38H,24H2. The molecular weight excluding hydrogens is 500 g/mol. The predicted octanol–water partition coefficient (Wildman–Crippen LogP) is 8.65. The van der Waals surface area contributed by atoms with E-state index in [4.69, 9.17) is 9.97 Å². The molecule has 1 aliphatic heterocycles. The van der Waals surface area contributed by atoms with Crippen molar-refractivity contribution in [3.63, 3.8) is 0 Å². The number of para-hydroxylation sites is 1. The Morgan fingerprint density at radius 3 is 2.17 bits per heavy atom. The highest BCUT2D eigenvalue weighted by atomic mass is 15.0. The summed E-state index contributed by atoms with van der Waals surface area (Å²) in [6, 6.07) is 44.4. The van der Waals surface area contributed by atoms with E-state index in [1.54, 1.807) is 0 Å². The van der Waals surface area contributed by atoms with E-state index in [0.29, 0.717) is 0 Å². The quantitative estimate of drug-likeness (QED) is 0.250. The minimum absolute atomic E-state index is 0.827. The Kier molecular flexibility index (Phi) is 5.49. The maximum atomic E-state index is 5.09. The first-order valence-electron chi connectivity index (χ1n) is 13.9. The van der Waals surface area contributed by atoms with Crippen molar-refractivity contribution in [2.45, 2.75) is 6.54 Å². The van der Waals surface area contributed by atoms with Gasteiger partial charge in [-0.05, 0) is 65.5 Å². The number of rotatable bonds is 4. The van der Waals surface area contributed by atoms with Crippen molar-refractivity contribution in [2.24, 2.45) is 0 Å². The van der Waals surface area contributed by atoms with Gasteiger partial charge in [0, 0.05) is 34.3 Å². The molecule has 0 radical (unpaired) electrons. The Labute approximate surface area is 238 Å². The molecule has 4 heterocycles. The molecule has 194 valence electrons. The van der Waals surface area contributed by atoms with Crippen LogP contribution in [0.2, 0.25) is 0 Å². The van der Waals surface area contributed by atoms with Crippen LogP contribution in [0.4, 0.5) is 0 Å². The molecule has 41 heavy (non-hydrogen) atoms. The fourth-order valence-electron chi connectivity index (χ4n) is 5.98. The first kappa shape index (κ1) is 23.4. The largest absolute Gasteiger partial charge is 0.387 e. The first-order chi connectivity index (χ1) is 20.3. The first-order valence-corrected chi connectivity index (χ1v) is 13.9. The van der Waals surface area contributed by atoms with Gasteiger partial charge in [0.05, 0.1) is 34.0 Å². The number of hydrogen-bond acceptors (Lipinski definition) is 3. The van der Waals surface area contributed by atoms with Gasteiger partial charge in [-0.15, -0.1) is 0 Å². The second-order valence-corrected chi connectivity index (χ2v) is 10.3. The van der Waals surface area contributed by atoms with E-state index in [-0.39, 0.29) is 0 Å². The Bertz CT molecular complexity index is 2110. The van der Waals surface area contributed by atoms with Gasteiger partial charge in [0.15, 0.2) is 0 Å². The average Bonchev–Trinajstić information content (AvgIpc) is 3.39. The van der Waals surface area contributed by atoms with Crippen LogP contribution in [0, 0.1) is 0 Å². The van der Waals surface area contributed by atoms with Crippen LogP contribution in [0.15, 0.2) is 134 Å². The normalized spacial score (nSPS) is 12.4. The summed E-state index contributed by atoms with van der Waals surface area (Å²) < 4.78 is 2.35. The third kappa shape index (κ3) is 4.00. The van der Waals surface area contributed by atoms with Gasteiger partial charge in [-0.3, -0.25) is 0 Å². The molecule has 0 aliphatic carbocycles. The van der Waals surface area contributed by atoms with E-state index >= 15 is 0 Å². The zero-order chi connectivity index (χ0) is 27.2. The molecule has 3 aromatic heterocycles. The minimum Gasteiger partial charge on any atom is -0.387 e. The highest BCUT2D eigenvalue weighted by Gasteiger charge is 2.18. The molecular formula is C37H26N4. The molecule has 0 amide bonds. The van der Waals surface area contributed by atoms with E-state index in [9.17, 15) is 0 Å². The van der Waals surface area contributed by atoms with Gasteiger partial charge in [0.2, 0.25) is 0 Å². The average molecular weight is 527 g/mol. The number of nitrogens with one attached hydrogen (secondary N) is 1. The predicted molar refractivity (Wildman–Crippen MR) is 169 cm³/mol. The third-order valence-electron chi connectivity index (χ3n) is 7.88. The van der Waals surface area contributed by atoms with Crippen molar-refractivity contribution in [1.82, 2.24) is 19.9 Å². The number of pyridine rings is 2. The van der Waals surface area contributed by atoms with Crippen LogP contribution in [0.1, 0.15) is 11.3 Å². The summed E-state index contributed by atoms with van der Waals surface area (Å²) in [6.45, 7) is 0.827. The van der Waals surface area contributed by atoms with Gasteiger partial charge < -0.3 is 9.88 Å². The summed E-state index contributed by atoms with van der Waals surface area (Å²) in [4.78, 5) is 10.1. The van der Waals surface area contributed by atoms with Crippen LogP contribution in [0.5, 0.6) is 0 Å². The number of aromatic nitrogens is 3. The van der Waals surface area contributed by atoms with Crippen LogP contribution in [-0.4, -0.2) is 14.5 Å². The lowest BCUT2D eigenvalue weighted by Gasteiger charge is -2.14. The SMILES string of the molecule is C1=Cc2c(c3ccccc3n2-c2cccc(-c3cccc(-c4cccc(-c5cccc6ccccc56)n4)n3)c2)CN1. The maximum absolute atomic E-state index is 5.09. The second-order valence-electron chi connectivity index (χ2n) is 10.3. The molecule has 8 rings (SSSR count). The number of nitrogens with zero attached hydrogens (tertiary/aromatic N) is 3. The Morgan fingerprint density at radius 1 is 0.585 bits per heavy atom. The lowest BCUT2D eigenvalue weighted by molar-refractivity contribution is 0.855. The zero-order valence-corrected chi connectivity index (χ0v) is 22.3. The summed E-state index contributed by atoms with van der Waals surface area (Å²) in [6.07, 6.45) is 4.20. The monoisotopic (exact) mass is 526 g/mol. The van der Waals surface area contributed by atoms with E-state index in [1.165, 1.54) is 32.9 Å². The molecule has 0 unspecified atom stereocenters. The highest BCUT2D eigenvalue weighted by Crippen LogP contribution is 2.34. The summed E-state index contributed by atoms with van der Waals surface area (Å²) in [7, 11) is 0. The topological polar surface area (TPSA) is 42.7 Å². The van der Waals surface area contributed by atoms with Crippen molar-refractivity contribution in [1.29, 1.82) is 0 Å². The smallest absolute Gasteiger partial charge is 0.0893 e. The summed E-state index contributed by atoms with van der Waals surface area (Å²) >= 11 is 0. The molecule has 0 fully saturated rings. The van der Waals surface area contributed by atoms with Crippen LogP contribution >= 0.6 is 0 Å². The molecule has 0 spiro atoms. The van der Waals surface area contributed by atoms with Crippen molar-refractivity contribution in [2.75, 3.05) is 0 Å². The highest BCUT2D eigenvalue weighted by molar-refractivity contribution is 5.96. The van der Waals surface area contributed by atoms with Gasteiger partial charge in [0.25, 0.3) is 0 Å². The van der Waals surface area contributed by atoms with Crippen molar-refractivity contribution in [3.05, 3.63) is 145 Å². The molecule has 0 bridgehead atoms. The van der Waals surface area contributed by atoms with Crippen LogP contribution < -0.4 is 5.32 Å². The molecule has 0 saturated carbocycles. The molecule has 4 aromatic carbocycles. The molecule has 7 aromatic rings. The lowest BCUT2D eigenvalue weighted by atomic mass is 10.0. The van der Waals surface area contributed by atoms with E-state index < -0.39 is 0 Å². The van der Waals surface area contributed by atoms with Crippen LogP contribution in [0.3, 0.4) is 0 Å². The Balaban J connectivity index is 1.20. The van der Waals surface area contributed by atoms with Crippen molar-refractivity contribution >= 4 is 27.8 Å². The van der Waals surface area contributed by atoms with Gasteiger partial charge in [-0.2, -0.15) is 0 Å². The fraction of sp³-hybridized carbons (Fsp3) is 0.0270. The van der Waals surface area contributed by atoms with Crippen LogP contribution in [0.25, 0.3) is 67.3 Å². The molecule has 1 N–H and O–H groups in total. The number of fused-ring (bicyclic) bond motifs is 4. The molecule has 0 saturated heterocycles. The fourth-order valence-corrected chi connectivity index (χ4v) is 5.98. The zero-order valence-electron chi connectivity index (χ0n) is 22.3. The van der Waals surface area contributed by atoms with Gasteiger partial charge >= 0.3 is 0 Å². The number of benzene rings is 4. The lowest BCUT2D eigenvalue weighted by Crippen LogP contribution is -2.10. The Hall–Kier alpha value is -5.48. The number of hydrogen-bond donors (Lipinski definition) is 1. The van der Waals surface area contributed by atoms with E-state index in [1.807, 2.05) is 18.3 Å². The maximum Gasteiger partial charge on any atom is 0.0893 e. The summed E-state index contributed by atoms with van der Waals surface area (Å²) in [5.41, 5.74) is 10.6. The van der Waals surface area contributed by atoms with Gasteiger partial charge in [-0.1, -0.05) is 84.9 Å². The van der Waals surface area contributed by atoms with Crippen molar-refractivity contribution in [3.8, 4) is 39.6 Å². The summed E-state index contributed by atoms with van der Waals surface area (Å²) in [5, 5.41) is 7.06. The summed E-state index contributed by atoms with van der Waals surface area (Å²) in [5.74, 6) is 0. The van der Waals surface area contributed by atoms with E-state index in [2.05, 4.69) is 131 Å². The van der Waals surface area contributed by atoms with Gasteiger partial charge in [-0.25, -0.2) is 9.97 Å². The van der Waals surface area contributed by atoms with Crippen LogP contribution in [-0.2, 0) is 6.54 Å². The van der Waals surface area contributed by atoms with Crippen molar-refractivity contribution < 1.29 is 0 Å². The molecule has 4 nitrogen and oxygen atoms in total. The Morgan fingerprint density at radius 2 is 1.27 bits per heavy atom. The second kappa shape index (κ2) is 9.61. The third-order valence-corrected chi connectivity index (χ3v) is 7.88. The minimum atomic E-state index is 0.827. The van der Waals surface area contributed by atoms with E-state index in [0.717, 1.165) is 46.1 Å². The van der Waals surface area contributed by atoms with Gasteiger partial charge in [0.1, 0.15) is 0 Å². The molecule has 0 atom stereocenters. The molecule has 4 heteroatoms. The molecule has 1 aliphatic rings.